The van der Waals surface area contributed by atoms with E-state index in [-0.39, 0.29) is 0 Å². The molecule has 8 aromatic heterocycles. The Morgan fingerprint density at radius 1 is 0.352 bits per heavy atom. The number of para-hydroxylation sites is 3. The zero-order valence-electron chi connectivity index (χ0n) is 70.7. The van der Waals surface area contributed by atoms with Crippen molar-refractivity contribution in [2.24, 2.45) is 35.2 Å². The van der Waals surface area contributed by atoms with E-state index in [0.29, 0.717) is 0 Å². The normalized spacial score (nSPS) is 10.0. The largest absolute Gasteiger partial charge is 0.456 e. The monoisotopic (exact) mass is 1440 g/mol. The van der Waals surface area contributed by atoms with Gasteiger partial charge in [-0.25, -0.2) is 0 Å². The second kappa shape index (κ2) is 43.4. The fourth-order valence-corrected chi connectivity index (χ4v) is 13.7. The molecule has 14 nitrogen and oxygen atoms in total. The number of rotatable bonds is 3. The molecule has 0 radical (unpaired) electrons. The Labute approximate surface area is 633 Å². The zero-order valence-corrected chi connectivity index (χ0v) is 71.5. The van der Waals surface area contributed by atoms with Crippen molar-refractivity contribution >= 4 is 103 Å². The molecule has 562 valence electrons. The summed E-state index contributed by atoms with van der Waals surface area (Å²) >= 11 is 1.85. The highest BCUT2D eigenvalue weighted by Crippen LogP contribution is 2.39. The minimum absolute atomic E-state index is 0.925. The van der Waals surface area contributed by atoms with Crippen LogP contribution in [0.3, 0.4) is 0 Å². The second-order valence-electron chi connectivity index (χ2n) is 22.6. The lowest BCUT2D eigenvalue weighted by molar-refractivity contribution is -0.745. The van der Waals surface area contributed by atoms with E-state index < -0.39 is 0 Å². The molecule has 0 saturated carbocycles. The third kappa shape index (κ3) is 18.6. The maximum Gasteiger partial charge on any atom is 0.316 e. The quantitative estimate of drug-likeness (QED) is 0.129. The van der Waals surface area contributed by atoms with Gasteiger partial charge in [-0.15, -0.1) is 29.9 Å². The van der Waals surface area contributed by atoms with Crippen LogP contribution in [-0.4, -0.2) is 43.1 Å². The Bertz CT molecular complexity index is 5180. The van der Waals surface area contributed by atoms with Crippen molar-refractivity contribution in [3.05, 3.63) is 216 Å². The molecule has 0 unspecified atom stereocenters. The third-order valence-electron chi connectivity index (χ3n) is 17.5. The molecule has 15 heteroatoms. The number of furan rings is 1. The Hall–Kier alpha value is -9.86. The summed E-state index contributed by atoms with van der Waals surface area (Å²) in [5.41, 5.74) is 20.6. The van der Waals surface area contributed by atoms with Crippen molar-refractivity contribution in [3.8, 4) is 17.1 Å². The van der Waals surface area contributed by atoms with Crippen LogP contribution in [0, 0.1) is 62.3 Å². The summed E-state index contributed by atoms with van der Waals surface area (Å²) in [5, 5.41) is 11.5. The molecule has 0 fully saturated rings. The van der Waals surface area contributed by atoms with Crippen molar-refractivity contribution in [2.75, 3.05) is 0 Å². The van der Waals surface area contributed by atoms with Crippen LogP contribution in [0.1, 0.15) is 189 Å². The summed E-state index contributed by atoms with van der Waals surface area (Å²) in [4.78, 5) is 17.5. The van der Waals surface area contributed by atoms with Crippen molar-refractivity contribution in [1.29, 1.82) is 0 Å². The van der Waals surface area contributed by atoms with Gasteiger partial charge in [0, 0.05) is 77.5 Å². The Morgan fingerprint density at radius 3 is 1.30 bits per heavy atom. The molecule has 8 heterocycles. The molecule has 0 aliphatic carbocycles. The number of aryl methyl sites for hydroxylation is 12. The number of thiophene rings is 1. The fourth-order valence-electron chi connectivity index (χ4n) is 12.5. The molecule has 105 heavy (non-hydrogen) atoms. The van der Waals surface area contributed by atoms with E-state index >= 15 is 0 Å². The molecule has 0 bridgehead atoms. The SMILES string of the molecule is CC.CC.CC.CC.CC.CC.CC.CC.CC.CC.Cc1c(C)c(C)c2c(c1C)c1cccc(C)c1n1c2nc(C)[n+]1C.Cc1cc2c(cc1-n1cnc[n+]1C)c1ccccc1n2C.Cc1cc2oc3ccccc3c2cc1-n1cnc[n+]1C.Cc1cc2sc3ccccc3c2cc1-n1cnc[n+]1C. The van der Waals surface area contributed by atoms with E-state index in [1.165, 1.54) is 114 Å². The lowest BCUT2D eigenvalue weighted by Crippen LogP contribution is -2.37. The Morgan fingerprint density at radius 2 is 0.781 bits per heavy atom. The van der Waals surface area contributed by atoms with Gasteiger partial charge in [0.15, 0.2) is 0 Å². The van der Waals surface area contributed by atoms with Crippen LogP contribution in [0.5, 0.6) is 0 Å². The first-order valence-electron chi connectivity index (χ1n) is 38.6. The molecule has 0 saturated heterocycles. The minimum Gasteiger partial charge on any atom is -0.456 e. The van der Waals surface area contributed by atoms with Crippen LogP contribution in [0.2, 0.25) is 0 Å². The van der Waals surface area contributed by atoms with Crippen molar-refractivity contribution < 1.29 is 23.1 Å². The first-order valence-corrected chi connectivity index (χ1v) is 39.4. The lowest BCUT2D eigenvalue weighted by atomic mass is 9.90. The van der Waals surface area contributed by atoms with Crippen molar-refractivity contribution in [2.45, 2.75) is 201 Å². The average Bonchev–Trinajstić information content (AvgIpc) is 1.70. The third-order valence-corrected chi connectivity index (χ3v) is 18.6. The van der Waals surface area contributed by atoms with Crippen molar-refractivity contribution in [1.82, 2.24) is 43.1 Å². The van der Waals surface area contributed by atoms with E-state index in [4.69, 9.17) is 9.40 Å². The van der Waals surface area contributed by atoms with Gasteiger partial charge >= 0.3 is 24.8 Å². The van der Waals surface area contributed by atoms with Gasteiger partial charge in [0.05, 0.1) is 28.0 Å². The molecule has 8 aromatic carbocycles. The molecule has 0 aliphatic heterocycles. The van der Waals surface area contributed by atoms with Gasteiger partial charge < -0.3 is 8.98 Å². The van der Waals surface area contributed by atoms with E-state index in [0.717, 1.165) is 44.7 Å². The van der Waals surface area contributed by atoms with Gasteiger partial charge in [0.2, 0.25) is 19.0 Å². The predicted molar refractivity (Wildman–Crippen MR) is 456 cm³/mol. The van der Waals surface area contributed by atoms with Crippen LogP contribution in [0.25, 0.3) is 108 Å². The van der Waals surface area contributed by atoms with E-state index in [1.807, 2.05) is 240 Å². The summed E-state index contributed by atoms with van der Waals surface area (Å²) in [6, 6.07) is 45.2. The number of pyridine rings is 1. The van der Waals surface area contributed by atoms with Gasteiger partial charge in [-0.05, 0) is 174 Å². The summed E-state index contributed by atoms with van der Waals surface area (Å²) in [5.74, 6) is 1.03. The molecule has 0 spiro atoms. The first kappa shape index (κ1) is 89.4. The first-order chi connectivity index (χ1) is 51.0. The molecule has 0 N–H and O–H groups in total. The maximum atomic E-state index is 5.90. The summed E-state index contributed by atoms with van der Waals surface area (Å²) in [7, 11) is 10.2. The summed E-state index contributed by atoms with van der Waals surface area (Å²) < 4.78 is 27.4. The number of hydrogen-bond donors (Lipinski definition) is 0. The number of hydrogen-bond acceptors (Lipinski definition) is 6. The highest BCUT2D eigenvalue weighted by atomic mass is 32.1. The van der Waals surface area contributed by atoms with Gasteiger partial charge in [0.1, 0.15) is 39.4 Å². The van der Waals surface area contributed by atoms with Crippen LogP contribution in [-0.2, 0) is 35.2 Å². The lowest BCUT2D eigenvalue weighted by Gasteiger charge is -2.16. The topological polar surface area (TPSA) is 104 Å². The van der Waals surface area contributed by atoms with E-state index in [2.05, 4.69) is 224 Å². The standard InChI is InChI=1S/C21H24N3.C17H17N4.C16H14N3O.C16H14N3S.10C2H6/c1-11-9-8-10-17-18-14(4)12(2)13(3)15(5)19(18)21-22-16(6)23(7)24(21)20(11)17;1-12-8-17-14(9-16(12)21-11-18-10-19(21)2)13-6-4-5-7-15(13)20(17)3;2*1-11-7-16-13(12-5-3-4-6-15(12)20-16)8-14(11)19-10-17-9-18(19)2;10*1-2/h8-10H,1-7H3;4-11H,1-3H3;2*3-10H,1-2H3;10*1-2H3/q4*+1;;;;;;;;;;. The fraction of sp³-hybridized carbons (Fsp3) is 0.378. The predicted octanol–water partition coefficient (Wildman–Crippen LogP) is 23.5. The highest BCUT2D eigenvalue weighted by molar-refractivity contribution is 7.25. The minimum atomic E-state index is 0.925. The molecule has 16 rings (SSSR count). The second-order valence-corrected chi connectivity index (χ2v) is 23.7. The van der Waals surface area contributed by atoms with E-state index in [9.17, 15) is 0 Å². The van der Waals surface area contributed by atoms with E-state index in [1.54, 1.807) is 6.33 Å². The molecular formula is C90H129N13OS+4. The maximum absolute atomic E-state index is 5.90. The van der Waals surface area contributed by atoms with Gasteiger partial charge in [-0.1, -0.05) is 211 Å². The number of fused-ring (bicyclic) bond motifs is 15. The van der Waals surface area contributed by atoms with Crippen LogP contribution in [0.4, 0.5) is 0 Å². The smallest absolute Gasteiger partial charge is 0.316 e. The number of nitrogens with zero attached hydrogens (tertiary/aromatic N) is 13. The van der Waals surface area contributed by atoms with Crippen LogP contribution >= 0.6 is 11.3 Å². The number of benzene rings is 8. The zero-order chi connectivity index (χ0) is 79.3. The summed E-state index contributed by atoms with van der Waals surface area (Å²) in [6.07, 6.45) is 10.9. The van der Waals surface area contributed by atoms with Gasteiger partial charge in [0.25, 0.3) is 5.65 Å². The van der Waals surface area contributed by atoms with Crippen LogP contribution in [0.15, 0.2) is 170 Å². The Kier molecular flexibility index (Phi) is 37.0. The highest BCUT2D eigenvalue weighted by Gasteiger charge is 2.26. The van der Waals surface area contributed by atoms with Crippen LogP contribution < -0.4 is 18.7 Å². The van der Waals surface area contributed by atoms with Crippen molar-refractivity contribution in [3.63, 3.8) is 0 Å². The molecule has 0 amide bonds. The summed E-state index contributed by atoms with van der Waals surface area (Å²) in [6.45, 7) is 59.6. The average molecular weight is 1440 g/mol. The Balaban J connectivity index is 0.000000336. The molecule has 0 aliphatic rings. The molecule has 0 atom stereocenters. The molecule has 16 aromatic rings. The number of aromatic nitrogens is 13. The molecular weight excluding hydrogens is 1310 g/mol. The van der Waals surface area contributed by atoms with Gasteiger partial charge in [-0.2, -0.15) is 18.7 Å². The van der Waals surface area contributed by atoms with Gasteiger partial charge in [-0.3, -0.25) is 0 Å².